The maximum atomic E-state index is 12.8. The molecule has 0 bridgehead atoms. The average Bonchev–Trinajstić information content (AvgIpc) is 3.00. The average molecular weight is 619 g/mol. The van der Waals surface area contributed by atoms with Gasteiger partial charge in [-0.05, 0) is 92.0 Å². The number of aryl methyl sites for hydroxylation is 2. The van der Waals surface area contributed by atoms with Gasteiger partial charge in [0.05, 0.1) is 28.3 Å². The molecule has 2 N–H and O–H groups in total. The van der Waals surface area contributed by atoms with E-state index in [9.17, 15) is 23.1 Å². The van der Waals surface area contributed by atoms with Crippen LogP contribution in [-0.2, 0) is 38.0 Å². The van der Waals surface area contributed by atoms with Crippen LogP contribution < -0.4 is 5.32 Å². The number of hydrogen-bond acceptors (Lipinski definition) is 5. The molecular formula is C36H46N2O5S. The second-order valence-corrected chi connectivity index (χ2v) is 13.7. The minimum absolute atomic E-state index is 0.0952. The predicted octanol–water partition coefficient (Wildman–Crippen LogP) is 7.75. The third-order valence-electron chi connectivity index (χ3n) is 8.13. The minimum atomic E-state index is -3.29. The number of nitrogens with one attached hydrogen (secondary N) is 1. The zero-order chi connectivity index (χ0) is 32.0. The summed E-state index contributed by atoms with van der Waals surface area (Å²) in [6.07, 6.45) is 10.1. The molecule has 1 aromatic heterocycles. The molecule has 44 heavy (non-hydrogen) atoms. The molecule has 0 aliphatic rings. The number of aromatic nitrogens is 1. The molecule has 0 saturated heterocycles. The molecule has 7 nitrogen and oxygen atoms in total. The number of nitrogens with zero attached hydrogens (tertiary/aromatic N) is 1. The Hall–Kier alpha value is -3.78. The SMILES string of the molecule is CCCCc1ccc(CCCCS(=O)(=O)Cc2cccc(C=Cc3cccc(NC(=O)CC(CC)(CC)C(=O)O)c3)n2)cc1. The van der Waals surface area contributed by atoms with Crippen molar-refractivity contribution in [2.24, 2.45) is 5.41 Å². The highest BCUT2D eigenvalue weighted by Crippen LogP contribution is 2.31. The van der Waals surface area contributed by atoms with Gasteiger partial charge in [-0.25, -0.2) is 8.42 Å². The first-order valence-corrected chi connectivity index (χ1v) is 17.5. The van der Waals surface area contributed by atoms with Crippen molar-refractivity contribution in [3.63, 3.8) is 0 Å². The van der Waals surface area contributed by atoms with Crippen LogP contribution in [0.4, 0.5) is 5.69 Å². The van der Waals surface area contributed by atoms with Gasteiger partial charge in [0.2, 0.25) is 5.91 Å². The summed E-state index contributed by atoms with van der Waals surface area (Å²) in [5.41, 5.74) is 4.03. The van der Waals surface area contributed by atoms with Gasteiger partial charge in [0.1, 0.15) is 0 Å². The van der Waals surface area contributed by atoms with Gasteiger partial charge in [0.15, 0.2) is 9.84 Å². The van der Waals surface area contributed by atoms with Gasteiger partial charge in [-0.3, -0.25) is 14.6 Å². The van der Waals surface area contributed by atoms with Crippen molar-refractivity contribution in [1.82, 2.24) is 4.98 Å². The maximum Gasteiger partial charge on any atom is 0.310 e. The fraction of sp³-hybridized carbons (Fsp3) is 0.417. The summed E-state index contributed by atoms with van der Waals surface area (Å²) in [7, 11) is -3.29. The molecule has 0 aliphatic carbocycles. The van der Waals surface area contributed by atoms with E-state index in [2.05, 4.69) is 41.5 Å². The van der Waals surface area contributed by atoms with Crippen LogP contribution in [0.15, 0.2) is 66.7 Å². The van der Waals surface area contributed by atoms with Crippen molar-refractivity contribution in [2.45, 2.75) is 84.3 Å². The molecule has 0 radical (unpaired) electrons. The third-order valence-corrected chi connectivity index (χ3v) is 9.78. The smallest absolute Gasteiger partial charge is 0.310 e. The Balaban J connectivity index is 1.52. The Kier molecular flexibility index (Phi) is 13.3. The molecule has 8 heteroatoms. The van der Waals surface area contributed by atoms with Gasteiger partial charge in [0.25, 0.3) is 0 Å². The Morgan fingerprint density at radius 2 is 1.52 bits per heavy atom. The van der Waals surface area contributed by atoms with E-state index < -0.39 is 21.2 Å². The van der Waals surface area contributed by atoms with Crippen molar-refractivity contribution in [1.29, 1.82) is 0 Å². The van der Waals surface area contributed by atoms with Crippen molar-refractivity contribution in [3.8, 4) is 0 Å². The topological polar surface area (TPSA) is 113 Å². The fourth-order valence-electron chi connectivity index (χ4n) is 5.17. The Morgan fingerprint density at radius 3 is 2.16 bits per heavy atom. The van der Waals surface area contributed by atoms with E-state index in [1.807, 2.05) is 18.2 Å². The van der Waals surface area contributed by atoms with E-state index >= 15 is 0 Å². The molecule has 0 aliphatic heterocycles. The van der Waals surface area contributed by atoms with E-state index in [0.29, 0.717) is 36.3 Å². The Bertz CT molecular complexity index is 1510. The van der Waals surface area contributed by atoms with Crippen LogP contribution in [0.25, 0.3) is 12.2 Å². The van der Waals surface area contributed by atoms with Crippen molar-refractivity contribution in [3.05, 3.63) is 94.8 Å². The third kappa shape index (κ3) is 11.1. The minimum Gasteiger partial charge on any atom is -0.481 e. The molecule has 236 valence electrons. The highest BCUT2D eigenvalue weighted by molar-refractivity contribution is 7.90. The Labute approximate surface area is 262 Å². The summed E-state index contributed by atoms with van der Waals surface area (Å²) in [6.45, 7) is 5.76. The normalized spacial score (nSPS) is 12.0. The lowest BCUT2D eigenvalue weighted by Gasteiger charge is -2.25. The zero-order valence-corrected chi connectivity index (χ0v) is 27.0. The second kappa shape index (κ2) is 16.9. The number of carbonyl (C=O) groups is 2. The van der Waals surface area contributed by atoms with Crippen LogP contribution >= 0.6 is 0 Å². The van der Waals surface area contributed by atoms with Crippen LogP contribution in [0.2, 0.25) is 0 Å². The number of hydrogen-bond donors (Lipinski definition) is 2. The summed E-state index contributed by atoms with van der Waals surface area (Å²) >= 11 is 0. The molecule has 2 aromatic carbocycles. The van der Waals surface area contributed by atoms with Crippen molar-refractivity contribution in [2.75, 3.05) is 11.1 Å². The Morgan fingerprint density at radius 1 is 0.864 bits per heavy atom. The number of carboxylic acids is 1. The van der Waals surface area contributed by atoms with Crippen LogP contribution in [0.3, 0.4) is 0 Å². The molecule has 0 atom stereocenters. The molecule has 0 saturated carbocycles. The standard InChI is InChI=1S/C36H46N2O5S/c1-4-7-12-28-18-20-29(21-19-28)13-8-9-24-44(42,43)27-33-17-11-15-31(37-33)23-22-30-14-10-16-32(25-30)38-34(39)26-36(5-2,6-3)35(40)41/h10-11,14-23,25H,4-9,12-13,24,26-27H2,1-3H3,(H,38,39)(H,40,41). The first-order chi connectivity index (χ1) is 21.1. The quantitative estimate of drug-likeness (QED) is 0.141. The van der Waals surface area contributed by atoms with Gasteiger partial charge in [0, 0.05) is 12.1 Å². The van der Waals surface area contributed by atoms with Gasteiger partial charge in [-0.2, -0.15) is 0 Å². The summed E-state index contributed by atoms with van der Waals surface area (Å²) in [5.74, 6) is -1.28. The van der Waals surface area contributed by atoms with Crippen LogP contribution in [0.1, 0.15) is 93.8 Å². The van der Waals surface area contributed by atoms with E-state index in [1.165, 1.54) is 24.0 Å². The van der Waals surface area contributed by atoms with Crippen LogP contribution in [0.5, 0.6) is 0 Å². The molecule has 0 unspecified atom stereocenters. The summed E-state index contributed by atoms with van der Waals surface area (Å²) < 4.78 is 25.6. The number of amides is 1. The summed E-state index contributed by atoms with van der Waals surface area (Å²) in [6, 6.07) is 21.2. The second-order valence-electron chi connectivity index (χ2n) is 11.5. The molecule has 3 rings (SSSR count). The molecular weight excluding hydrogens is 572 g/mol. The number of benzene rings is 2. The monoisotopic (exact) mass is 618 g/mol. The number of carboxylic acid groups (broad SMARTS) is 1. The van der Waals surface area contributed by atoms with Crippen LogP contribution in [0, 0.1) is 5.41 Å². The first-order valence-electron chi connectivity index (χ1n) is 15.6. The zero-order valence-electron chi connectivity index (χ0n) is 26.2. The molecule has 0 fully saturated rings. The van der Waals surface area contributed by atoms with Gasteiger partial charge in [-0.15, -0.1) is 0 Å². The highest BCUT2D eigenvalue weighted by atomic mass is 32.2. The van der Waals surface area contributed by atoms with E-state index in [4.69, 9.17) is 0 Å². The number of unbranched alkanes of at least 4 members (excludes halogenated alkanes) is 2. The van der Waals surface area contributed by atoms with Crippen molar-refractivity contribution >= 4 is 39.6 Å². The summed E-state index contributed by atoms with van der Waals surface area (Å²) in [4.78, 5) is 28.9. The van der Waals surface area contributed by atoms with E-state index in [0.717, 1.165) is 24.8 Å². The number of sulfone groups is 1. The number of pyridine rings is 1. The number of rotatable bonds is 18. The van der Waals surface area contributed by atoms with Gasteiger partial charge < -0.3 is 10.4 Å². The lowest BCUT2D eigenvalue weighted by Crippen LogP contribution is -2.34. The molecule has 0 spiro atoms. The largest absolute Gasteiger partial charge is 0.481 e. The number of aliphatic carboxylic acids is 1. The molecule has 3 aromatic rings. The fourth-order valence-corrected chi connectivity index (χ4v) is 6.57. The lowest BCUT2D eigenvalue weighted by molar-refractivity contribution is -0.151. The first kappa shape index (κ1) is 34.7. The molecule has 1 amide bonds. The van der Waals surface area contributed by atoms with E-state index in [-0.39, 0.29) is 23.8 Å². The number of carbonyl (C=O) groups excluding carboxylic acids is 1. The van der Waals surface area contributed by atoms with Crippen molar-refractivity contribution < 1.29 is 23.1 Å². The lowest BCUT2D eigenvalue weighted by atomic mass is 9.79. The van der Waals surface area contributed by atoms with Gasteiger partial charge >= 0.3 is 5.97 Å². The van der Waals surface area contributed by atoms with Gasteiger partial charge in [-0.1, -0.05) is 75.7 Å². The van der Waals surface area contributed by atoms with E-state index in [1.54, 1.807) is 50.3 Å². The number of anilines is 1. The van der Waals surface area contributed by atoms with Crippen LogP contribution in [-0.4, -0.2) is 36.1 Å². The summed E-state index contributed by atoms with van der Waals surface area (Å²) in [5, 5.41) is 12.4. The maximum absolute atomic E-state index is 12.8. The predicted molar refractivity (Wildman–Crippen MR) is 179 cm³/mol. The highest BCUT2D eigenvalue weighted by Gasteiger charge is 2.37. The molecule has 1 heterocycles.